The number of esters is 1. The average molecular weight is 298 g/mol. The standard InChI is InChI=1S/C17H18N2O3/c1-3-9-18-14(17(21)22-4-2)11-12-7-8-15(20)16-13(12)6-5-10-19-16/h1,5-8,10,14,18,20H,4,9,11H2,2H3. The van der Waals surface area contributed by atoms with E-state index in [4.69, 9.17) is 11.2 Å². The molecule has 2 aromatic rings. The van der Waals surface area contributed by atoms with Crippen LogP contribution in [0.15, 0.2) is 30.5 Å². The van der Waals surface area contributed by atoms with Crippen molar-refractivity contribution < 1.29 is 14.6 Å². The number of nitrogens with zero attached hydrogens (tertiary/aromatic N) is 1. The van der Waals surface area contributed by atoms with Gasteiger partial charge >= 0.3 is 5.97 Å². The molecule has 5 heteroatoms. The Morgan fingerprint density at radius 1 is 1.50 bits per heavy atom. The summed E-state index contributed by atoms with van der Waals surface area (Å²) >= 11 is 0. The summed E-state index contributed by atoms with van der Waals surface area (Å²) in [6.45, 7) is 2.35. The number of aromatic hydroxyl groups is 1. The summed E-state index contributed by atoms with van der Waals surface area (Å²) in [6, 6.07) is 6.47. The quantitative estimate of drug-likeness (QED) is 0.626. The van der Waals surface area contributed by atoms with E-state index in [0.717, 1.165) is 10.9 Å². The molecule has 1 unspecified atom stereocenters. The van der Waals surface area contributed by atoms with E-state index in [1.54, 1.807) is 31.3 Å². The van der Waals surface area contributed by atoms with Crippen LogP contribution in [-0.2, 0) is 16.0 Å². The minimum atomic E-state index is -0.538. The molecule has 22 heavy (non-hydrogen) atoms. The Morgan fingerprint density at radius 3 is 3.05 bits per heavy atom. The molecule has 1 heterocycles. The number of terminal acetylenes is 1. The average Bonchev–Trinajstić information content (AvgIpc) is 2.54. The molecule has 1 aromatic carbocycles. The molecule has 0 aliphatic heterocycles. The zero-order valence-electron chi connectivity index (χ0n) is 12.4. The van der Waals surface area contributed by atoms with Crippen LogP contribution in [0.25, 0.3) is 10.9 Å². The van der Waals surface area contributed by atoms with Crippen molar-refractivity contribution in [3.8, 4) is 18.1 Å². The summed E-state index contributed by atoms with van der Waals surface area (Å²) in [5, 5.41) is 13.7. The van der Waals surface area contributed by atoms with Crippen molar-refractivity contribution in [1.29, 1.82) is 0 Å². The lowest BCUT2D eigenvalue weighted by atomic mass is 10.0. The van der Waals surface area contributed by atoms with Crippen LogP contribution in [-0.4, -0.2) is 35.3 Å². The smallest absolute Gasteiger partial charge is 0.323 e. The fourth-order valence-corrected chi connectivity index (χ4v) is 2.28. The van der Waals surface area contributed by atoms with Gasteiger partial charge in [0.1, 0.15) is 17.3 Å². The van der Waals surface area contributed by atoms with Gasteiger partial charge in [0.15, 0.2) is 0 Å². The van der Waals surface area contributed by atoms with Crippen molar-refractivity contribution in [3.63, 3.8) is 0 Å². The molecule has 0 amide bonds. The zero-order chi connectivity index (χ0) is 15.9. The van der Waals surface area contributed by atoms with Crippen molar-refractivity contribution in [3.05, 3.63) is 36.0 Å². The molecule has 0 spiro atoms. The maximum absolute atomic E-state index is 12.0. The van der Waals surface area contributed by atoms with Gasteiger partial charge < -0.3 is 9.84 Å². The minimum absolute atomic E-state index is 0.114. The first-order chi connectivity index (χ1) is 10.7. The number of fused-ring (bicyclic) bond motifs is 1. The van der Waals surface area contributed by atoms with Crippen LogP contribution < -0.4 is 5.32 Å². The van der Waals surface area contributed by atoms with Gasteiger partial charge in [0.05, 0.1) is 13.2 Å². The van der Waals surface area contributed by atoms with Crippen LogP contribution in [0.3, 0.4) is 0 Å². The Morgan fingerprint density at radius 2 is 2.32 bits per heavy atom. The Balaban J connectivity index is 2.32. The lowest BCUT2D eigenvalue weighted by Crippen LogP contribution is -2.40. The van der Waals surface area contributed by atoms with E-state index in [1.807, 2.05) is 6.07 Å². The van der Waals surface area contributed by atoms with E-state index in [2.05, 4.69) is 16.2 Å². The molecule has 5 nitrogen and oxygen atoms in total. The van der Waals surface area contributed by atoms with Crippen LogP contribution in [0, 0.1) is 12.3 Å². The van der Waals surface area contributed by atoms with Gasteiger partial charge in [-0.3, -0.25) is 15.1 Å². The molecule has 0 saturated heterocycles. The van der Waals surface area contributed by atoms with Crippen molar-refractivity contribution in [2.24, 2.45) is 0 Å². The summed E-state index contributed by atoms with van der Waals surface area (Å²) in [7, 11) is 0. The van der Waals surface area contributed by atoms with Gasteiger partial charge in [0.25, 0.3) is 0 Å². The number of rotatable bonds is 6. The number of nitrogens with one attached hydrogen (secondary N) is 1. The highest BCUT2D eigenvalue weighted by molar-refractivity contribution is 5.88. The number of benzene rings is 1. The van der Waals surface area contributed by atoms with Crippen LogP contribution in [0.4, 0.5) is 0 Å². The third-order valence-electron chi connectivity index (χ3n) is 3.28. The van der Waals surface area contributed by atoms with E-state index in [1.165, 1.54) is 0 Å². The van der Waals surface area contributed by atoms with E-state index in [0.29, 0.717) is 18.5 Å². The predicted molar refractivity (Wildman–Crippen MR) is 84.4 cm³/mol. The molecule has 0 aliphatic rings. The summed E-state index contributed by atoms with van der Waals surface area (Å²) < 4.78 is 5.07. The number of hydrogen-bond donors (Lipinski definition) is 2. The van der Waals surface area contributed by atoms with Gasteiger partial charge in [-0.2, -0.15) is 0 Å². The second-order valence-corrected chi connectivity index (χ2v) is 4.74. The van der Waals surface area contributed by atoms with Crippen molar-refractivity contribution in [2.45, 2.75) is 19.4 Å². The number of pyridine rings is 1. The number of carbonyl (C=O) groups excluding carboxylic acids is 1. The van der Waals surface area contributed by atoms with Crippen LogP contribution in [0.2, 0.25) is 0 Å². The number of hydrogen-bond acceptors (Lipinski definition) is 5. The molecule has 0 bridgehead atoms. The predicted octanol–water partition coefficient (Wildman–Crippen LogP) is 1.64. The van der Waals surface area contributed by atoms with E-state index in [-0.39, 0.29) is 18.3 Å². The Kier molecular flexibility index (Phi) is 5.34. The molecule has 0 radical (unpaired) electrons. The Bertz CT molecular complexity index is 707. The topological polar surface area (TPSA) is 71.5 Å². The van der Waals surface area contributed by atoms with Gasteiger partial charge in [-0.25, -0.2) is 0 Å². The van der Waals surface area contributed by atoms with Gasteiger partial charge in [0, 0.05) is 11.6 Å². The number of phenols is 1. The third kappa shape index (κ3) is 3.54. The summed E-state index contributed by atoms with van der Waals surface area (Å²) in [4.78, 5) is 16.2. The summed E-state index contributed by atoms with van der Waals surface area (Å²) in [5.74, 6) is 2.23. The lowest BCUT2D eigenvalue weighted by Gasteiger charge is -2.17. The van der Waals surface area contributed by atoms with Crippen molar-refractivity contribution in [1.82, 2.24) is 10.3 Å². The second kappa shape index (κ2) is 7.43. The Labute approximate surface area is 129 Å². The molecule has 0 fully saturated rings. The van der Waals surface area contributed by atoms with Crippen LogP contribution >= 0.6 is 0 Å². The highest BCUT2D eigenvalue weighted by atomic mass is 16.5. The number of aromatic nitrogens is 1. The van der Waals surface area contributed by atoms with Gasteiger partial charge in [0.2, 0.25) is 0 Å². The molecule has 1 aromatic heterocycles. The van der Waals surface area contributed by atoms with Crippen molar-refractivity contribution >= 4 is 16.9 Å². The number of carbonyl (C=O) groups is 1. The number of ether oxygens (including phenoxy) is 1. The molecule has 2 N–H and O–H groups in total. The molecule has 1 atom stereocenters. The maximum atomic E-state index is 12.0. The molecular weight excluding hydrogens is 280 g/mol. The first kappa shape index (κ1) is 15.8. The normalized spacial score (nSPS) is 11.8. The lowest BCUT2D eigenvalue weighted by molar-refractivity contribution is -0.145. The highest BCUT2D eigenvalue weighted by Gasteiger charge is 2.20. The first-order valence-corrected chi connectivity index (χ1v) is 7.06. The fraction of sp³-hybridized carbons (Fsp3) is 0.294. The highest BCUT2D eigenvalue weighted by Crippen LogP contribution is 2.26. The molecule has 2 rings (SSSR count). The summed E-state index contributed by atoms with van der Waals surface area (Å²) in [5.41, 5.74) is 1.41. The molecule has 0 saturated carbocycles. The van der Waals surface area contributed by atoms with E-state index < -0.39 is 6.04 Å². The van der Waals surface area contributed by atoms with E-state index >= 15 is 0 Å². The molecule has 0 aliphatic carbocycles. The maximum Gasteiger partial charge on any atom is 0.323 e. The minimum Gasteiger partial charge on any atom is -0.506 e. The second-order valence-electron chi connectivity index (χ2n) is 4.74. The molecular formula is C17H18N2O3. The van der Waals surface area contributed by atoms with E-state index in [9.17, 15) is 9.90 Å². The Hall–Kier alpha value is -2.58. The van der Waals surface area contributed by atoms with Gasteiger partial charge in [-0.05, 0) is 31.0 Å². The van der Waals surface area contributed by atoms with Crippen molar-refractivity contribution in [2.75, 3.05) is 13.2 Å². The SMILES string of the molecule is C#CCNC(Cc1ccc(O)c2ncccc12)C(=O)OCC. The molecule has 114 valence electrons. The summed E-state index contributed by atoms with van der Waals surface area (Å²) in [6.07, 6.45) is 7.27. The monoisotopic (exact) mass is 298 g/mol. The van der Waals surface area contributed by atoms with Gasteiger partial charge in [-0.1, -0.05) is 18.1 Å². The zero-order valence-corrected chi connectivity index (χ0v) is 12.4. The number of phenolic OH excluding ortho intramolecular Hbond substituents is 1. The largest absolute Gasteiger partial charge is 0.506 e. The fourth-order valence-electron chi connectivity index (χ4n) is 2.28. The van der Waals surface area contributed by atoms with Gasteiger partial charge in [-0.15, -0.1) is 6.42 Å². The first-order valence-electron chi connectivity index (χ1n) is 7.06. The van der Waals surface area contributed by atoms with Crippen LogP contribution in [0.5, 0.6) is 5.75 Å². The third-order valence-corrected chi connectivity index (χ3v) is 3.28. The van der Waals surface area contributed by atoms with Crippen LogP contribution in [0.1, 0.15) is 12.5 Å².